The van der Waals surface area contributed by atoms with Gasteiger partial charge in [0.1, 0.15) is 5.82 Å². The molecule has 132 valence electrons. The highest BCUT2D eigenvalue weighted by molar-refractivity contribution is 5.89. The van der Waals surface area contributed by atoms with Gasteiger partial charge in [0.2, 0.25) is 5.91 Å². The van der Waals surface area contributed by atoms with E-state index in [1.54, 1.807) is 0 Å². The molecule has 2 bridgehead atoms. The number of carbonyl (C=O) groups is 1. The molecule has 1 aromatic carbocycles. The number of benzene rings is 1. The lowest BCUT2D eigenvalue weighted by atomic mass is 9.77. The number of nitrogens with zero attached hydrogens (tertiary/aromatic N) is 1. The molecule has 24 heavy (non-hydrogen) atoms. The average molecular weight is 353 g/mol. The predicted octanol–water partition coefficient (Wildman–Crippen LogP) is 3.41. The zero-order valence-electron chi connectivity index (χ0n) is 14.0. The van der Waals surface area contributed by atoms with E-state index in [4.69, 9.17) is 0 Å². The van der Waals surface area contributed by atoms with Gasteiger partial charge >= 0.3 is 0 Å². The van der Waals surface area contributed by atoms with E-state index in [-0.39, 0.29) is 18.2 Å². The van der Waals surface area contributed by atoms with Crippen LogP contribution in [-0.2, 0) is 10.2 Å². The number of halogens is 2. The Balaban J connectivity index is 0.00000169. The first kappa shape index (κ1) is 17.7. The van der Waals surface area contributed by atoms with Crippen LogP contribution in [-0.4, -0.2) is 36.0 Å². The number of hydrogen-bond acceptors (Lipinski definition) is 2. The molecule has 2 atom stereocenters. The molecule has 1 aromatic rings. The van der Waals surface area contributed by atoms with Crippen molar-refractivity contribution in [1.82, 2.24) is 10.2 Å². The maximum Gasteiger partial charge on any atom is 0.233 e. The van der Waals surface area contributed by atoms with Crippen LogP contribution in [0, 0.1) is 5.82 Å². The third kappa shape index (κ3) is 2.84. The Morgan fingerprint density at radius 2 is 1.75 bits per heavy atom. The normalized spacial score (nSPS) is 28.3. The van der Waals surface area contributed by atoms with E-state index < -0.39 is 5.41 Å². The number of carbonyl (C=O) groups excluding carboxylic acids is 1. The smallest absolute Gasteiger partial charge is 0.233 e. The summed E-state index contributed by atoms with van der Waals surface area (Å²) >= 11 is 0. The lowest BCUT2D eigenvalue weighted by molar-refractivity contribution is -0.140. The molecule has 2 saturated heterocycles. The van der Waals surface area contributed by atoms with Gasteiger partial charge in [-0.3, -0.25) is 4.79 Å². The molecule has 2 unspecified atom stereocenters. The van der Waals surface area contributed by atoms with E-state index in [2.05, 4.69) is 10.2 Å². The van der Waals surface area contributed by atoms with Crippen LogP contribution in [0.25, 0.3) is 0 Å². The fourth-order valence-electron chi connectivity index (χ4n) is 4.93. The van der Waals surface area contributed by atoms with Crippen molar-refractivity contribution in [2.24, 2.45) is 0 Å². The molecule has 2 heterocycles. The van der Waals surface area contributed by atoms with Gasteiger partial charge in [-0.15, -0.1) is 12.4 Å². The molecule has 3 aliphatic rings. The lowest BCUT2D eigenvalue weighted by Crippen LogP contribution is -2.51. The summed E-state index contributed by atoms with van der Waals surface area (Å²) in [5, 5.41) is 3.47. The van der Waals surface area contributed by atoms with Crippen molar-refractivity contribution in [2.75, 3.05) is 13.1 Å². The van der Waals surface area contributed by atoms with E-state index in [0.717, 1.165) is 63.6 Å². The SMILES string of the molecule is Cl.O=C(N1C2CCNCC1CC2)C1(c2ccc(F)cc2)CCCC1. The molecule has 0 radical (unpaired) electrons. The lowest BCUT2D eigenvalue weighted by Gasteiger charge is -2.38. The van der Waals surface area contributed by atoms with Gasteiger partial charge in [0, 0.05) is 18.6 Å². The second kappa shape index (κ2) is 7.01. The zero-order valence-corrected chi connectivity index (χ0v) is 14.8. The molecule has 1 amide bonds. The van der Waals surface area contributed by atoms with Crippen molar-refractivity contribution in [3.63, 3.8) is 0 Å². The largest absolute Gasteiger partial charge is 0.335 e. The van der Waals surface area contributed by atoms with E-state index >= 15 is 0 Å². The van der Waals surface area contributed by atoms with E-state index in [9.17, 15) is 9.18 Å². The van der Waals surface area contributed by atoms with Crippen LogP contribution in [0.1, 0.15) is 50.5 Å². The van der Waals surface area contributed by atoms with Gasteiger partial charge in [-0.2, -0.15) is 0 Å². The minimum atomic E-state index is -0.418. The highest BCUT2D eigenvalue weighted by Crippen LogP contribution is 2.45. The quantitative estimate of drug-likeness (QED) is 0.884. The van der Waals surface area contributed by atoms with Crippen LogP contribution in [0.2, 0.25) is 0 Å². The summed E-state index contributed by atoms with van der Waals surface area (Å²) < 4.78 is 13.3. The van der Waals surface area contributed by atoms with Crippen molar-refractivity contribution in [1.29, 1.82) is 0 Å². The molecule has 3 fully saturated rings. The van der Waals surface area contributed by atoms with Crippen LogP contribution >= 0.6 is 12.4 Å². The monoisotopic (exact) mass is 352 g/mol. The molecule has 3 nitrogen and oxygen atoms in total. The molecule has 1 N–H and O–H groups in total. The van der Waals surface area contributed by atoms with Gasteiger partial charge < -0.3 is 10.2 Å². The Morgan fingerprint density at radius 1 is 1.08 bits per heavy atom. The molecular formula is C19H26ClFN2O. The van der Waals surface area contributed by atoms with Gasteiger partial charge in [-0.1, -0.05) is 25.0 Å². The van der Waals surface area contributed by atoms with Gasteiger partial charge in [-0.05, 0) is 56.3 Å². The Kier molecular flexibility index (Phi) is 5.16. The molecule has 0 aromatic heterocycles. The number of hydrogen-bond donors (Lipinski definition) is 1. The second-order valence-corrected chi connectivity index (χ2v) is 7.39. The Morgan fingerprint density at radius 3 is 2.46 bits per heavy atom. The Hall–Kier alpha value is -1.13. The number of amides is 1. The second-order valence-electron chi connectivity index (χ2n) is 7.39. The summed E-state index contributed by atoms with van der Waals surface area (Å²) in [4.78, 5) is 15.8. The summed E-state index contributed by atoms with van der Waals surface area (Å²) in [6.07, 6.45) is 7.29. The standard InChI is InChI=1S/C19H25FN2O.ClH/c20-15-5-3-14(4-6-15)19(10-1-2-11-19)18(23)22-16-7-8-17(22)13-21-12-9-16;/h3-6,16-17,21H,1-2,7-13H2;1H. The average Bonchev–Trinajstić information content (AvgIpc) is 3.12. The van der Waals surface area contributed by atoms with Gasteiger partial charge in [-0.25, -0.2) is 4.39 Å². The molecule has 1 aliphatic carbocycles. The van der Waals surface area contributed by atoms with Crippen LogP contribution in [0.15, 0.2) is 24.3 Å². The summed E-state index contributed by atoms with van der Waals surface area (Å²) in [6, 6.07) is 7.39. The van der Waals surface area contributed by atoms with Gasteiger partial charge in [0.05, 0.1) is 5.41 Å². The molecule has 0 spiro atoms. The maximum atomic E-state index is 13.6. The van der Waals surface area contributed by atoms with Crippen molar-refractivity contribution in [3.8, 4) is 0 Å². The molecule has 5 heteroatoms. The zero-order chi connectivity index (χ0) is 15.9. The van der Waals surface area contributed by atoms with Crippen molar-refractivity contribution in [2.45, 2.75) is 62.4 Å². The third-order valence-electron chi connectivity index (χ3n) is 6.15. The summed E-state index contributed by atoms with van der Waals surface area (Å²) in [5.74, 6) is 0.0752. The number of rotatable bonds is 2. The minimum Gasteiger partial charge on any atom is -0.335 e. The van der Waals surface area contributed by atoms with Crippen LogP contribution in [0.4, 0.5) is 4.39 Å². The highest BCUT2D eigenvalue weighted by atomic mass is 35.5. The summed E-state index contributed by atoms with van der Waals surface area (Å²) in [7, 11) is 0. The third-order valence-corrected chi connectivity index (χ3v) is 6.15. The van der Waals surface area contributed by atoms with Gasteiger partial charge in [0.15, 0.2) is 0 Å². The fraction of sp³-hybridized carbons (Fsp3) is 0.632. The van der Waals surface area contributed by atoms with Crippen LogP contribution in [0.5, 0.6) is 0 Å². The fourth-order valence-corrected chi connectivity index (χ4v) is 4.93. The van der Waals surface area contributed by atoms with E-state index in [1.807, 2.05) is 12.1 Å². The van der Waals surface area contributed by atoms with Crippen molar-refractivity contribution >= 4 is 18.3 Å². The minimum absolute atomic E-state index is 0. The Bertz CT molecular complexity index is 572. The topological polar surface area (TPSA) is 32.3 Å². The first-order valence-corrected chi connectivity index (χ1v) is 9.00. The summed E-state index contributed by atoms with van der Waals surface area (Å²) in [6.45, 7) is 1.93. The number of nitrogens with one attached hydrogen (secondary N) is 1. The van der Waals surface area contributed by atoms with E-state index in [0.29, 0.717) is 18.0 Å². The Labute approximate surface area is 149 Å². The molecular weight excluding hydrogens is 327 g/mol. The van der Waals surface area contributed by atoms with Crippen LogP contribution in [0.3, 0.4) is 0 Å². The number of fused-ring (bicyclic) bond motifs is 2. The molecule has 4 rings (SSSR count). The first-order valence-electron chi connectivity index (χ1n) is 9.00. The predicted molar refractivity (Wildman–Crippen MR) is 94.9 cm³/mol. The highest BCUT2D eigenvalue weighted by Gasteiger charge is 2.49. The van der Waals surface area contributed by atoms with Crippen molar-refractivity contribution in [3.05, 3.63) is 35.6 Å². The maximum absolute atomic E-state index is 13.6. The first-order chi connectivity index (χ1) is 11.2. The van der Waals surface area contributed by atoms with Crippen LogP contribution < -0.4 is 5.32 Å². The summed E-state index contributed by atoms with van der Waals surface area (Å²) in [5.41, 5.74) is 0.594. The molecule has 2 aliphatic heterocycles. The van der Waals surface area contributed by atoms with Crippen molar-refractivity contribution < 1.29 is 9.18 Å². The van der Waals surface area contributed by atoms with E-state index in [1.165, 1.54) is 12.1 Å². The molecule has 1 saturated carbocycles. The van der Waals surface area contributed by atoms with Gasteiger partial charge in [0.25, 0.3) is 0 Å².